The van der Waals surface area contributed by atoms with Gasteiger partial charge in [0.15, 0.2) is 0 Å². The molecule has 220 valence electrons. The Morgan fingerprint density at radius 1 is 0.905 bits per heavy atom. The van der Waals surface area contributed by atoms with Gasteiger partial charge in [0.1, 0.15) is 6.10 Å². The number of piperidine rings is 1. The lowest BCUT2D eigenvalue weighted by molar-refractivity contribution is -0.891. The molecular weight excluding hydrogens is 532 g/mol. The Balaban J connectivity index is 1.10. The van der Waals surface area contributed by atoms with Crippen molar-refractivity contribution >= 4 is 23.6 Å². The van der Waals surface area contributed by atoms with Gasteiger partial charge in [-0.25, -0.2) is 4.79 Å². The van der Waals surface area contributed by atoms with Gasteiger partial charge in [0.2, 0.25) is 0 Å². The van der Waals surface area contributed by atoms with Crippen molar-refractivity contribution in [1.82, 2.24) is 9.80 Å². The Bertz CT molecular complexity index is 1380. The van der Waals surface area contributed by atoms with Crippen molar-refractivity contribution in [3.8, 4) is 11.1 Å². The van der Waals surface area contributed by atoms with Crippen molar-refractivity contribution in [2.24, 2.45) is 0 Å². The molecule has 5 rings (SSSR count). The number of rotatable bonds is 10. The maximum atomic E-state index is 12.8. The number of nitrogens with one attached hydrogen (secondary N) is 1. The van der Waals surface area contributed by atoms with Crippen molar-refractivity contribution in [3.63, 3.8) is 0 Å². The molecule has 2 aliphatic rings. The lowest BCUT2D eigenvalue weighted by Gasteiger charge is -2.40. The third-order valence-corrected chi connectivity index (χ3v) is 8.24. The normalized spacial score (nSPS) is 16.8. The number of likely N-dealkylation sites (tertiary alicyclic amines) is 1. The highest BCUT2D eigenvalue weighted by Crippen LogP contribution is 2.28. The van der Waals surface area contributed by atoms with Gasteiger partial charge in [-0.15, -0.1) is 0 Å². The summed E-state index contributed by atoms with van der Waals surface area (Å²) >= 11 is 0. The number of quaternary nitrogens is 1. The zero-order chi connectivity index (χ0) is 29.7. The smallest absolute Gasteiger partial charge is 0.411 e. The summed E-state index contributed by atoms with van der Waals surface area (Å²) in [7, 11) is 4.10. The van der Waals surface area contributed by atoms with Crippen LogP contribution in [-0.2, 0) is 4.74 Å². The van der Waals surface area contributed by atoms with Gasteiger partial charge >= 0.3 is 6.09 Å². The van der Waals surface area contributed by atoms with Crippen LogP contribution in [0.1, 0.15) is 33.6 Å². The number of anilines is 1. The van der Waals surface area contributed by atoms with Gasteiger partial charge in [0.05, 0.1) is 63.2 Å². The van der Waals surface area contributed by atoms with E-state index >= 15 is 0 Å². The molecule has 42 heavy (non-hydrogen) atoms. The highest BCUT2D eigenvalue weighted by Gasteiger charge is 2.37. The average molecular weight is 572 g/mol. The number of hydrogen-bond donors (Lipinski definition) is 2. The van der Waals surface area contributed by atoms with Crippen LogP contribution in [0.2, 0.25) is 0 Å². The van der Waals surface area contributed by atoms with Crippen molar-refractivity contribution in [3.05, 3.63) is 90.0 Å². The number of carbonyl (C=O) groups is 3. The number of aliphatic hydroxyl groups excluding tert-OH is 1. The fourth-order valence-corrected chi connectivity index (χ4v) is 5.87. The van der Waals surface area contributed by atoms with Crippen molar-refractivity contribution < 1.29 is 28.7 Å². The number of imide groups is 1. The minimum absolute atomic E-state index is 0.00300. The van der Waals surface area contributed by atoms with E-state index in [4.69, 9.17) is 4.74 Å². The van der Waals surface area contributed by atoms with Crippen LogP contribution < -0.4 is 5.32 Å². The zero-order valence-electron chi connectivity index (χ0n) is 24.2. The number of likely N-dealkylation sites (N-methyl/N-ethyl adjacent to an activating group) is 1. The Morgan fingerprint density at radius 3 is 2.10 bits per heavy atom. The second kappa shape index (κ2) is 12.9. The second-order valence-corrected chi connectivity index (χ2v) is 11.7. The van der Waals surface area contributed by atoms with Crippen LogP contribution in [0.4, 0.5) is 10.5 Å². The molecule has 9 nitrogen and oxygen atoms in total. The van der Waals surface area contributed by atoms with E-state index in [0.29, 0.717) is 66.9 Å². The van der Waals surface area contributed by atoms with Gasteiger partial charge in [-0.1, -0.05) is 60.7 Å². The molecule has 3 aromatic rings. The minimum Gasteiger partial charge on any atom is -0.446 e. The van der Waals surface area contributed by atoms with E-state index in [-0.39, 0.29) is 30.6 Å². The van der Waals surface area contributed by atoms with Crippen LogP contribution in [0, 0.1) is 0 Å². The monoisotopic (exact) mass is 571 g/mol. The first-order valence-electron chi connectivity index (χ1n) is 14.5. The number of para-hydroxylation sites is 1. The molecule has 2 heterocycles. The highest BCUT2D eigenvalue weighted by atomic mass is 16.6. The molecule has 0 bridgehead atoms. The minimum atomic E-state index is -0.471. The summed E-state index contributed by atoms with van der Waals surface area (Å²) < 4.78 is 6.32. The van der Waals surface area contributed by atoms with Gasteiger partial charge in [-0.05, 0) is 36.6 Å². The molecule has 3 amide bonds. The lowest BCUT2D eigenvalue weighted by Crippen LogP contribution is -2.56. The summed E-state index contributed by atoms with van der Waals surface area (Å²) in [6.45, 7) is 2.94. The third-order valence-electron chi connectivity index (χ3n) is 8.24. The summed E-state index contributed by atoms with van der Waals surface area (Å²) in [4.78, 5) is 41.8. The summed E-state index contributed by atoms with van der Waals surface area (Å²) in [5.74, 6) is -0.493. The van der Waals surface area contributed by atoms with Crippen molar-refractivity contribution in [1.29, 1.82) is 0 Å². The fraction of sp³-hybridized carbons (Fsp3) is 0.364. The van der Waals surface area contributed by atoms with Gasteiger partial charge in [0.25, 0.3) is 11.8 Å². The second-order valence-electron chi connectivity index (χ2n) is 11.7. The fourth-order valence-electron chi connectivity index (χ4n) is 5.87. The predicted octanol–water partition coefficient (Wildman–Crippen LogP) is 4.10. The predicted molar refractivity (Wildman–Crippen MR) is 161 cm³/mol. The number of aliphatic hydroxyl groups is 1. The molecule has 1 unspecified atom stereocenters. The first-order chi connectivity index (χ1) is 20.3. The maximum Gasteiger partial charge on any atom is 0.411 e. The topological polar surface area (TPSA) is 99.2 Å². The van der Waals surface area contributed by atoms with E-state index in [2.05, 4.69) is 10.2 Å². The number of benzene rings is 3. The zero-order valence-corrected chi connectivity index (χ0v) is 24.2. The first kappa shape index (κ1) is 29.4. The molecule has 0 aromatic heterocycles. The van der Waals surface area contributed by atoms with Gasteiger partial charge in [0, 0.05) is 18.7 Å². The van der Waals surface area contributed by atoms with Gasteiger partial charge in [-0.3, -0.25) is 24.7 Å². The van der Waals surface area contributed by atoms with Crippen LogP contribution >= 0.6 is 0 Å². The van der Waals surface area contributed by atoms with Crippen LogP contribution in [0.5, 0.6) is 0 Å². The van der Waals surface area contributed by atoms with Gasteiger partial charge in [-0.2, -0.15) is 0 Å². The Labute approximate surface area is 246 Å². The van der Waals surface area contributed by atoms with Crippen LogP contribution in [0.15, 0.2) is 78.9 Å². The van der Waals surface area contributed by atoms with Gasteiger partial charge < -0.3 is 14.3 Å². The van der Waals surface area contributed by atoms with Crippen LogP contribution in [-0.4, -0.2) is 103 Å². The Kier molecular flexibility index (Phi) is 9.01. The SMILES string of the molecule is C[N+](C)(CCN1C(=O)c2ccccc2C1=O)CC(CO)N1CCC(OC(=O)Nc2ccccc2-c2ccccc2)CC1. The van der Waals surface area contributed by atoms with E-state index in [0.717, 1.165) is 11.1 Å². The largest absolute Gasteiger partial charge is 0.446 e. The third kappa shape index (κ3) is 6.70. The molecule has 1 saturated heterocycles. The number of nitrogens with zero attached hydrogens (tertiary/aromatic N) is 3. The molecule has 9 heteroatoms. The molecule has 0 spiro atoms. The Hall–Kier alpha value is -4.05. The quantitative estimate of drug-likeness (QED) is 0.281. The van der Waals surface area contributed by atoms with Crippen molar-refractivity contribution in [2.45, 2.75) is 25.0 Å². The maximum absolute atomic E-state index is 12.8. The first-order valence-corrected chi connectivity index (χ1v) is 14.5. The molecule has 1 fully saturated rings. The molecule has 1 atom stereocenters. The molecule has 2 aliphatic heterocycles. The van der Waals surface area contributed by atoms with Crippen LogP contribution in [0.25, 0.3) is 11.1 Å². The molecule has 2 N–H and O–H groups in total. The van der Waals surface area contributed by atoms with E-state index in [9.17, 15) is 19.5 Å². The molecule has 0 saturated carbocycles. The summed E-state index contributed by atoms with van der Waals surface area (Å²) in [5, 5.41) is 13.2. The van der Waals surface area contributed by atoms with Crippen LogP contribution in [0.3, 0.4) is 0 Å². The van der Waals surface area contributed by atoms with E-state index < -0.39 is 6.09 Å². The van der Waals surface area contributed by atoms with E-state index in [1.165, 1.54) is 4.90 Å². The summed E-state index contributed by atoms with van der Waals surface area (Å²) in [5.41, 5.74) is 3.56. The number of hydrogen-bond acceptors (Lipinski definition) is 6. The standard InChI is InChI=1S/C33H38N4O5/c1-37(2,21-20-36-31(39)28-13-6-7-14-29(28)32(36)40)22-25(23-38)35-18-16-26(17-19-35)42-33(41)34-30-15-9-8-12-27(30)24-10-4-3-5-11-24/h3-15,25-26,38H,16-23H2,1-2H3/p+1. The Morgan fingerprint density at radius 2 is 1.48 bits per heavy atom. The number of carbonyl (C=O) groups excluding carboxylic acids is 3. The number of amides is 3. The molecule has 0 aliphatic carbocycles. The average Bonchev–Trinajstić information content (AvgIpc) is 3.25. The van der Waals surface area contributed by atoms with E-state index in [1.54, 1.807) is 24.3 Å². The molecule has 0 radical (unpaired) electrons. The summed E-state index contributed by atoms with van der Waals surface area (Å²) in [6.07, 6.45) is 0.668. The number of ether oxygens (including phenoxy) is 1. The lowest BCUT2D eigenvalue weighted by atomic mass is 10.0. The number of fused-ring (bicyclic) bond motifs is 1. The summed E-state index contributed by atoms with van der Waals surface area (Å²) in [6, 6.07) is 24.4. The van der Waals surface area contributed by atoms with Crippen molar-refractivity contribution in [2.75, 3.05) is 58.7 Å². The molecular formula is C33H39N4O5+. The molecule has 3 aromatic carbocycles. The van der Waals surface area contributed by atoms with E-state index in [1.807, 2.05) is 68.7 Å². The highest BCUT2D eigenvalue weighted by molar-refractivity contribution is 6.21.